The molecule has 0 bridgehead atoms. The summed E-state index contributed by atoms with van der Waals surface area (Å²) in [6.45, 7) is 3.04. The van der Waals surface area contributed by atoms with Gasteiger partial charge in [-0.15, -0.1) is 0 Å². The molecule has 0 spiro atoms. The molecule has 108 valence electrons. The van der Waals surface area contributed by atoms with E-state index in [0.717, 1.165) is 11.5 Å². The Balaban J connectivity index is 2.09. The quantitative estimate of drug-likeness (QED) is 0.891. The van der Waals surface area contributed by atoms with Crippen molar-refractivity contribution in [3.05, 3.63) is 23.7 Å². The van der Waals surface area contributed by atoms with Crippen LogP contribution in [0.25, 0.3) is 0 Å². The first-order chi connectivity index (χ1) is 8.87. The van der Waals surface area contributed by atoms with E-state index in [1.807, 2.05) is 26.1 Å². The Hall–Kier alpha value is -0.850. The Bertz CT molecular complexity index is 522. The number of hydrogen-bond donors (Lipinski definition) is 1. The minimum atomic E-state index is -2.87. The van der Waals surface area contributed by atoms with Gasteiger partial charge in [0.1, 0.15) is 21.4 Å². The van der Waals surface area contributed by atoms with Gasteiger partial charge in [-0.25, -0.2) is 8.42 Å². The predicted molar refractivity (Wildman–Crippen MR) is 74.6 cm³/mol. The minimum absolute atomic E-state index is 0.228. The summed E-state index contributed by atoms with van der Waals surface area (Å²) in [5.41, 5.74) is 5.69. The van der Waals surface area contributed by atoms with Crippen LogP contribution in [0.4, 0.5) is 0 Å². The second kappa shape index (κ2) is 5.26. The third kappa shape index (κ3) is 3.19. The zero-order chi connectivity index (χ0) is 14.1. The van der Waals surface area contributed by atoms with Gasteiger partial charge < -0.3 is 10.2 Å². The van der Waals surface area contributed by atoms with Crippen molar-refractivity contribution in [3.8, 4) is 0 Å². The largest absolute Gasteiger partial charge is 0.465 e. The molecule has 0 amide bonds. The van der Waals surface area contributed by atoms with E-state index in [9.17, 15) is 8.42 Å². The molecule has 1 fully saturated rings. The maximum atomic E-state index is 11.6. The van der Waals surface area contributed by atoms with E-state index in [2.05, 4.69) is 4.90 Å². The van der Waals surface area contributed by atoms with Crippen LogP contribution in [-0.4, -0.2) is 44.0 Å². The molecule has 0 saturated carbocycles. The molecule has 1 aromatic heterocycles. The smallest absolute Gasteiger partial charge is 0.150 e. The Labute approximate surface area is 114 Å². The fourth-order valence-corrected chi connectivity index (χ4v) is 4.22. The van der Waals surface area contributed by atoms with Crippen molar-refractivity contribution in [2.24, 2.45) is 5.73 Å². The average molecular weight is 286 g/mol. The first-order valence-corrected chi connectivity index (χ1v) is 8.36. The highest BCUT2D eigenvalue weighted by Gasteiger charge is 2.39. The number of sulfone groups is 1. The predicted octanol–water partition coefficient (Wildman–Crippen LogP) is 0.926. The summed E-state index contributed by atoms with van der Waals surface area (Å²) in [7, 11) is -0.883. The molecule has 0 radical (unpaired) electrons. The van der Waals surface area contributed by atoms with E-state index < -0.39 is 9.84 Å². The highest BCUT2D eigenvalue weighted by molar-refractivity contribution is 7.91. The number of furan rings is 1. The van der Waals surface area contributed by atoms with Crippen molar-refractivity contribution >= 4 is 9.84 Å². The Morgan fingerprint density at radius 2 is 2.00 bits per heavy atom. The highest BCUT2D eigenvalue weighted by atomic mass is 32.2. The molecule has 1 aromatic rings. The van der Waals surface area contributed by atoms with Crippen LogP contribution < -0.4 is 5.73 Å². The summed E-state index contributed by atoms with van der Waals surface area (Å²) >= 11 is 0. The van der Waals surface area contributed by atoms with Gasteiger partial charge in [-0.05, 0) is 38.9 Å². The molecule has 2 heterocycles. The minimum Gasteiger partial charge on any atom is -0.465 e. The van der Waals surface area contributed by atoms with Crippen molar-refractivity contribution in [1.82, 2.24) is 4.90 Å². The molecular weight excluding hydrogens is 264 g/mol. The monoisotopic (exact) mass is 286 g/mol. The molecule has 0 atom stereocenters. The summed E-state index contributed by atoms with van der Waals surface area (Å²) < 4.78 is 28.7. The second-order valence-corrected chi connectivity index (χ2v) is 7.75. The van der Waals surface area contributed by atoms with Crippen LogP contribution in [0.1, 0.15) is 24.4 Å². The molecular formula is C13H22N2O3S. The summed E-state index contributed by atoms with van der Waals surface area (Å²) in [4.78, 5) is 2.14. The van der Waals surface area contributed by atoms with Crippen LogP contribution in [0.2, 0.25) is 0 Å². The van der Waals surface area contributed by atoms with Crippen LogP contribution in [0.15, 0.2) is 16.5 Å². The average Bonchev–Trinajstić information content (AvgIpc) is 2.75. The van der Waals surface area contributed by atoms with Gasteiger partial charge in [0.15, 0.2) is 0 Å². The van der Waals surface area contributed by atoms with E-state index in [1.165, 1.54) is 0 Å². The highest BCUT2D eigenvalue weighted by Crippen LogP contribution is 2.29. The molecule has 2 N–H and O–H groups in total. The Morgan fingerprint density at radius 3 is 2.47 bits per heavy atom. The molecule has 19 heavy (non-hydrogen) atoms. The zero-order valence-electron chi connectivity index (χ0n) is 11.6. The first kappa shape index (κ1) is 14.6. The fraction of sp³-hybridized carbons (Fsp3) is 0.692. The van der Waals surface area contributed by atoms with Gasteiger partial charge in [0, 0.05) is 12.1 Å². The lowest BCUT2D eigenvalue weighted by Gasteiger charge is -2.43. The molecule has 1 aliphatic rings. The summed E-state index contributed by atoms with van der Waals surface area (Å²) in [6.07, 6.45) is 1.20. The van der Waals surface area contributed by atoms with E-state index in [-0.39, 0.29) is 17.0 Å². The van der Waals surface area contributed by atoms with Crippen molar-refractivity contribution in [1.29, 1.82) is 0 Å². The van der Waals surface area contributed by atoms with Gasteiger partial charge in [-0.3, -0.25) is 4.90 Å². The standard InChI is InChI=1S/C13H22N2O3S/c1-11-3-4-12(18-11)9-15(2)13(10-14)5-7-19(16,17)8-6-13/h3-4H,5-10,14H2,1-2H3. The number of likely N-dealkylation sites (N-methyl/N-ethyl adjacent to an activating group) is 1. The second-order valence-electron chi connectivity index (χ2n) is 5.45. The molecule has 1 aliphatic heterocycles. The molecule has 5 nitrogen and oxygen atoms in total. The van der Waals surface area contributed by atoms with Gasteiger partial charge in [-0.1, -0.05) is 0 Å². The fourth-order valence-electron chi connectivity index (χ4n) is 2.63. The van der Waals surface area contributed by atoms with Crippen LogP contribution in [0.3, 0.4) is 0 Å². The third-order valence-corrected chi connectivity index (χ3v) is 5.79. The van der Waals surface area contributed by atoms with Crippen molar-refractivity contribution in [3.63, 3.8) is 0 Å². The maximum Gasteiger partial charge on any atom is 0.150 e. The first-order valence-electron chi connectivity index (χ1n) is 6.54. The van der Waals surface area contributed by atoms with Gasteiger partial charge in [-0.2, -0.15) is 0 Å². The number of nitrogens with two attached hydrogens (primary N) is 1. The number of rotatable bonds is 4. The molecule has 1 saturated heterocycles. The van der Waals surface area contributed by atoms with Gasteiger partial charge in [0.25, 0.3) is 0 Å². The van der Waals surface area contributed by atoms with Crippen LogP contribution in [0, 0.1) is 6.92 Å². The van der Waals surface area contributed by atoms with Crippen molar-refractivity contribution in [2.45, 2.75) is 31.8 Å². The third-order valence-electron chi connectivity index (χ3n) is 4.14. The molecule has 6 heteroatoms. The topological polar surface area (TPSA) is 76.5 Å². The van der Waals surface area contributed by atoms with Gasteiger partial charge in [0.2, 0.25) is 0 Å². The normalized spacial score (nSPS) is 21.7. The van der Waals surface area contributed by atoms with E-state index >= 15 is 0 Å². The number of nitrogens with zero attached hydrogens (tertiary/aromatic N) is 1. The number of hydrogen-bond acceptors (Lipinski definition) is 5. The summed E-state index contributed by atoms with van der Waals surface area (Å²) in [5.74, 6) is 2.23. The summed E-state index contributed by atoms with van der Waals surface area (Å²) in [5, 5.41) is 0. The lowest BCUT2D eigenvalue weighted by Crippen LogP contribution is -2.55. The maximum absolute atomic E-state index is 11.6. The zero-order valence-corrected chi connectivity index (χ0v) is 12.4. The van der Waals surface area contributed by atoms with Crippen LogP contribution in [-0.2, 0) is 16.4 Å². The Kier molecular flexibility index (Phi) is 4.03. The van der Waals surface area contributed by atoms with Crippen molar-refractivity contribution < 1.29 is 12.8 Å². The lowest BCUT2D eigenvalue weighted by atomic mass is 9.90. The molecule has 0 unspecified atom stereocenters. The van der Waals surface area contributed by atoms with Crippen molar-refractivity contribution in [2.75, 3.05) is 25.1 Å². The molecule has 2 rings (SSSR count). The molecule has 0 aromatic carbocycles. The van der Waals surface area contributed by atoms with Crippen LogP contribution >= 0.6 is 0 Å². The van der Waals surface area contributed by atoms with Crippen LogP contribution in [0.5, 0.6) is 0 Å². The van der Waals surface area contributed by atoms with E-state index in [4.69, 9.17) is 10.2 Å². The Morgan fingerprint density at radius 1 is 1.37 bits per heavy atom. The van der Waals surface area contributed by atoms with E-state index in [1.54, 1.807) is 0 Å². The van der Waals surface area contributed by atoms with Gasteiger partial charge in [0.05, 0.1) is 18.1 Å². The van der Waals surface area contributed by atoms with E-state index in [0.29, 0.717) is 25.9 Å². The number of aryl methyl sites for hydroxylation is 1. The SMILES string of the molecule is Cc1ccc(CN(C)C2(CN)CCS(=O)(=O)CC2)o1. The van der Waals surface area contributed by atoms with Gasteiger partial charge >= 0.3 is 0 Å². The summed E-state index contributed by atoms with van der Waals surface area (Å²) in [6, 6.07) is 3.89. The molecule has 0 aliphatic carbocycles. The lowest BCUT2D eigenvalue weighted by molar-refractivity contribution is 0.0973.